The summed E-state index contributed by atoms with van der Waals surface area (Å²) in [5.74, 6) is 0.964. The molecule has 1 aromatic heterocycles. The number of rotatable bonds is 3. The van der Waals surface area contributed by atoms with Gasteiger partial charge in [0.25, 0.3) is 0 Å². The molecule has 2 heterocycles. The highest BCUT2D eigenvalue weighted by molar-refractivity contribution is 9.10. The first-order chi connectivity index (χ1) is 8.17. The van der Waals surface area contributed by atoms with E-state index in [0.29, 0.717) is 0 Å². The second-order valence-corrected chi connectivity index (χ2v) is 5.01. The average Bonchev–Trinajstić information content (AvgIpc) is 2.75. The van der Waals surface area contributed by atoms with Crippen LogP contribution in [-0.2, 0) is 9.47 Å². The number of pyridine rings is 1. The maximum absolute atomic E-state index is 5.43. The van der Waals surface area contributed by atoms with Crippen LogP contribution in [0.5, 0.6) is 0 Å². The van der Waals surface area contributed by atoms with Crippen LogP contribution in [0.2, 0.25) is 0 Å². The van der Waals surface area contributed by atoms with Gasteiger partial charge in [-0.1, -0.05) is 0 Å². The van der Waals surface area contributed by atoms with Gasteiger partial charge in [-0.2, -0.15) is 0 Å². The van der Waals surface area contributed by atoms with Gasteiger partial charge in [-0.15, -0.1) is 0 Å². The van der Waals surface area contributed by atoms with Crippen LogP contribution in [0.1, 0.15) is 5.56 Å². The molecule has 0 saturated carbocycles. The first-order valence-electron chi connectivity index (χ1n) is 5.59. The zero-order valence-electron chi connectivity index (χ0n) is 10.3. The largest absolute Gasteiger partial charge is 0.377 e. The van der Waals surface area contributed by atoms with Gasteiger partial charge in [0.1, 0.15) is 18.0 Å². The third-order valence-electron chi connectivity index (χ3n) is 3.18. The summed E-state index contributed by atoms with van der Waals surface area (Å²) in [5, 5.41) is 0. The molecule has 94 valence electrons. The third kappa shape index (κ3) is 2.46. The minimum Gasteiger partial charge on any atom is -0.377 e. The number of halogens is 1. The maximum atomic E-state index is 5.43. The molecule has 1 saturated heterocycles. The van der Waals surface area contributed by atoms with E-state index in [1.807, 2.05) is 12.3 Å². The zero-order chi connectivity index (χ0) is 12.4. The van der Waals surface area contributed by atoms with Gasteiger partial charge >= 0.3 is 0 Å². The van der Waals surface area contributed by atoms with Gasteiger partial charge < -0.3 is 14.4 Å². The fourth-order valence-corrected chi connectivity index (χ4v) is 2.60. The van der Waals surface area contributed by atoms with Gasteiger partial charge in [0.05, 0.1) is 4.47 Å². The van der Waals surface area contributed by atoms with Gasteiger partial charge in [0, 0.05) is 33.5 Å². The lowest BCUT2D eigenvalue weighted by molar-refractivity contribution is -0.00461. The molecule has 0 N–H and O–H groups in total. The predicted octanol–water partition coefficient (Wildman–Crippen LogP) is 2.00. The van der Waals surface area contributed by atoms with Crippen LogP contribution < -0.4 is 4.90 Å². The monoisotopic (exact) mass is 300 g/mol. The average molecular weight is 301 g/mol. The minimum atomic E-state index is 0.106. The Morgan fingerprint density at radius 2 is 1.88 bits per heavy atom. The highest BCUT2D eigenvalue weighted by Crippen LogP contribution is 2.30. The first-order valence-corrected chi connectivity index (χ1v) is 6.38. The van der Waals surface area contributed by atoms with Crippen LogP contribution in [0.25, 0.3) is 0 Å². The molecule has 0 radical (unpaired) electrons. The fourth-order valence-electron chi connectivity index (χ4n) is 2.12. The third-order valence-corrected chi connectivity index (χ3v) is 4.16. The van der Waals surface area contributed by atoms with Crippen molar-refractivity contribution in [3.63, 3.8) is 0 Å². The second kappa shape index (κ2) is 5.33. The molecule has 17 heavy (non-hydrogen) atoms. The van der Waals surface area contributed by atoms with E-state index in [-0.39, 0.29) is 12.2 Å². The normalized spacial score (nSPS) is 24.4. The lowest BCUT2D eigenvalue weighted by Gasteiger charge is -2.19. The van der Waals surface area contributed by atoms with E-state index in [2.05, 4.69) is 32.7 Å². The molecule has 2 rings (SSSR count). The van der Waals surface area contributed by atoms with Crippen LogP contribution in [0.15, 0.2) is 16.7 Å². The second-order valence-electron chi connectivity index (χ2n) is 4.22. The van der Waals surface area contributed by atoms with E-state index < -0.39 is 0 Å². The zero-order valence-corrected chi connectivity index (χ0v) is 11.9. The van der Waals surface area contributed by atoms with E-state index >= 15 is 0 Å². The van der Waals surface area contributed by atoms with Crippen molar-refractivity contribution in [2.24, 2.45) is 0 Å². The predicted molar refractivity (Wildman–Crippen MR) is 70.5 cm³/mol. The lowest BCUT2D eigenvalue weighted by atomic mass is 10.3. The molecule has 2 atom stereocenters. The Hall–Kier alpha value is -0.650. The van der Waals surface area contributed by atoms with Gasteiger partial charge in [-0.25, -0.2) is 4.98 Å². The van der Waals surface area contributed by atoms with Crippen molar-refractivity contribution in [3.05, 3.63) is 22.3 Å². The lowest BCUT2D eigenvalue weighted by Crippen LogP contribution is -2.27. The standard InChI is InChI=1S/C12H17BrN2O2/c1-8-4-5-14-12(11(8)13)15-6-9(16-2)10(7-15)17-3/h4-5,9-10H,6-7H2,1-3H3. The quantitative estimate of drug-likeness (QED) is 0.855. The topological polar surface area (TPSA) is 34.6 Å². The van der Waals surface area contributed by atoms with Crippen LogP contribution >= 0.6 is 15.9 Å². The molecule has 0 spiro atoms. The molecule has 0 amide bonds. The van der Waals surface area contributed by atoms with E-state index in [9.17, 15) is 0 Å². The number of hydrogen-bond donors (Lipinski definition) is 0. The summed E-state index contributed by atoms with van der Waals surface area (Å²) in [4.78, 5) is 6.62. The van der Waals surface area contributed by atoms with Crippen molar-refractivity contribution in [3.8, 4) is 0 Å². The molecular formula is C12H17BrN2O2. The summed E-state index contributed by atoms with van der Waals surface area (Å²) in [6.45, 7) is 3.68. The van der Waals surface area contributed by atoms with Crippen LogP contribution in [-0.4, -0.2) is 44.5 Å². The Labute approximate surface area is 110 Å². The summed E-state index contributed by atoms with van der Waals surface area (Å²) in [6.07, 6.45) is 2.04. The molecule has 1 aliphatic rings. The number of anilines is 1. The Kier molecular flexibility index (Phi) is 4.01. The molecule has 0 aliphatic carbocycles. The molecule has 2 unspecified atom stereocenters. The Balaban J connectivity index is 2.22. The van der Waals surface area contributed by atoms with E-state index in [4.69, 9.17) is 9.47 Å². The SMILES string of the molecule is COC1CN(c2nccc(C)c2Br)CC1OC. The van der Waals surface area contributed by atoms with E-state index in [1.54, 1.807) is 14.2 Å². The summed E-state index contributed by atoms with van der Waals surface area (Å²) in [7, 11) is 3.44. The first kappa shape index (κ1) is 12.8. The fraction of sp³-hybridized carbons (Fsp3) is 0.583. The maximum Gasteiger partial charge on any atom is 0.143 e. The number of aromatic nitrogens is 1. The highest BCUT2D eigenvalue weighted by Gasteiger charge is 2.34. The molecule has 4 nitrogen and oxygen atoms in total. The Morgan fingerprint density at radius 1 is 1.29 bits per heavy atom. The smallest absolute Gasteiger partial charge is 0.143 e. The van der Waals surface area contributed by atoms with Crippen molar-refractivity contribution in [1.82, 2.24) is 4.98 Å². The van der Waals surface area contributed by atoms with Crippen molar-refractivity contribution >= 4 is 21.7 Å². The molecule has 1 aliphatic heterocycles. The number of methoxy groups -OCH3 is 2. The van der Waals surface area contributed by atoms with E-state index in [0.717, 1.165) is 23.4 Å². The van der Waals surface area contributed by atoms with Crippen LogP contribution in [0.4, 0.5) is 5.82 Å². The number of hydrogen-bond acceptors (Lipinski definition) is 4. The van der Waals surface area contributed by atoms with Gasteiger partial charge in [-0.3, -0.25) is 0 Å². The highest BCUT2D eigenvalue weighted by atomic mass is 79.9. The number of ether oxygens (including phenoxy) is 2. The summed E-state index contributed by atoms with van der Waals surface area (Å²) in [5.41, 5.74) is 1.19. The molecule has 0 bridgehead atoms. The molecule has 1 aromatic rings. The van der Waals surface area contributed by atoms with Crippen molar-refractivity contribution in [2.45, 2.75) is 19.1 Å². The molecule has 1 fully saturated rings. The van der Waals surface area contributed by atoms with Gasteiger partial charge in [-0.05, 0) is 34.5 Å². The summed E-state index contributed by atoms with van der Waals surface area (Å²) >= 11 is 3.59. The summed E-state index contributed by atoms with van der Waals surface area (Å²) in [6, 6.07) is 1.99. The molecular weight excluding hydrogens is 284 g/mol. The number of aryl methyl sites for hydroxylation is 1. The summed E-state index contributed by atoms with van der Waals surface area (Å²) < 4.78 is 11.9. The van der Waals surface area contributed by atoms with Crippen molar-refractivity contribution < 1.29 is 9.47 Å². The van der Waals surface area contributed by atoms with E-state index in [1.165, 1.54) is 5.56 Å². The van der Waals surface area contributed by atoms with Crippen LogP contribution in [0.3, 0.4) is 0 Å². The van der Waals surface area contributed by atoms with Gasteiger partial charge in [0.15, 0.2) is 0 Å². The van der Waals surface area contributed by atoms with Crippen LogP contribution in [0, 0.1) is 6.92 Å². The Morgan fingerprint density at radius 3 is 2.41 bits per heavy atom. The van der Waals surface area contributed by atoms with Gasteiger partial charge in [0.2, 0.25) is 0 Å². The minimum absolute atomic E-state index is 0.106. The Bertz CT molecular complexity index is 388. The molecule has 0 aromatic carbocycles. The number of nitrogens with zero attached hydrogens (tertiary/aromatic N) is 2. The molecule has 5 heteroatoms. The van der Waals surface area contributed by atoms with Crippen molar-refractivity contribution in [2.75, 3.05) is 32.2 Å². The van der Waals surface area contributed by atoms with Crippen molar-refractivity contribution in [1.29, 1.82) is 0 Å².